The first kappa shape index (κ1) is 13.1. The quantitative estimate of drug-likeness (QED) is 0.740. The molecule has 1 fully saturated rings. The van der Waals surface area contributed by atoms with Crippen LogP contribution < -0.4 is 10.6 Å². The van der Waals surface area contributed by atoms with Crippen LogP contribution in [0.5, 0.6) is 0 Å². The van der Waals surface area contributed by atoms with Crippen LogP contribution >= 0.6 is 0 Å². The molecule has 3 atom stereocenters. The first-order valence-corrected chi connectivity index (χ1v) is 6.42. The highest BCUT2D eigenvalue weighted by atomic mass is 16.3. The Morgan fingerprint density at radius 1 is 1.50 bits per heavy atom. The summed E-state index contributed by atoms with van der Waals surface area (Å²) in [5, 5.41) is 15.5. The van der Waals surface area contributed by atoms with Crippen molar-refractivity contribution >= 4 is 5.91 Å². The molecular formula is C14H20N2O2. The molecule has 0 saturated carbocycles. The number of carbonyl (C=O) groups is 1. The van der Waals surface area contributed by atoms with E-state index in [-0.39, 0.29) is 24.6 Å². The predicted octanol–water partition coefficient (Wildman–Crippen LogP) is 0.834. The number of carbonyl (C=O) groups excluding carboxylic acids is 1. The molecule has 0 bridgehead atoms. The maximum Gasteiger partial charge on any atom is 0.237 e. The van der Waals surface area contributed by atoms with Crippen molar-refractivity contribution in [1.82, 2.24) is 10.6 Å². The number of benzene rings is 1. The normalized spacial score (nSPS) is 24.8. The first-order chi connectivity index (χ1) is 8.72. The van der Waals surface area contributed by atoms with Gasteiger partial charge in [0.05, 0.1) is 18.7 Å². The van der Waals surface area contributed by atoms with E-state index in [9.17, 15) is 9.90 Å². The van der Waals surface area contributed by atoms with Gasteiger partial charge in [0.25, 0.3) is 0 Å². The van der Waals surface area contributed by atoms with Gasteiger partial charge in [-0.15, -0.1) is 0 Å². The molecule has 4 heteroatoms. The van der Waals surface area contributed by atoms with Gasteiger partial charge in [0.15, 0.2) is 0 Å². The monoisotopic (exact) mass is 248 g/mol. The first-order valence-electron chi connectivity index (χ1n) is 6.42. The molecule has 2 rings (SSSR count). The molecule has 0 aliphatic carbocycles. The van der Waals surface area contributed by atoms with Crippen molar-refractivity contribution < 1.29 is 9.90 Å². The predicted molar refractivity (Wildman–Crippen MR) is 70.0 cm³/mol. The summed E-state index contributed by atoms with van der Waals surface area (Å²) in [4.78, 5) is 12.1. The van der Waals surface area contributed by atoms with E-state index < -0.39 is 0 Å². The molecule has 1 saturated heterocycles. The number of aliphatic hydroxyl groups is 1. The van der Waals surface area contributed by atoms with E-state index in [2.05, 4.69) is 17.6 Å². The molecule has 0 aromatic heterocycles. The lowest BCUT2D eigenvalue weighted by Gasteiger charge is -2.21. The topological polar surface area (TPSA) is 61.4 Å². The van der Waals surface area contributed by atoms with E-state index in [1.165, 1.54) is 0 Å². The molecule has 1 heterocycles. The fourth-order valence-corrected chi connectivity index (χ4v) is 2.37. The van der Waals surface area contributed by atoms with Crippen molar-refractivity contribution in [3.05, 3.63) is 35.9 Å². The highest BCUT2D eigenvalue weighted by Gasteiger charge is 2.30. The summed E-state index contributed by atoms with van der Waals surface area (Å²) in [5.41, 5.74) is 0.930. The maximum atomic E-state index is 12.1. The van der Waals surface area contributed by atoms with Gasteiger partial charge in [-0.3, -0.25) is 4.79 Å². The van der Waals surface area contributed by atoms with Crippen LogP contribution in [-0.4, -0.2) is 30.2 Å². The van der Waals surface area contributed by atoms with E-state index in [0.29, 0.717) is 5.92 Å². The molecule has 0 spiro atoms. The number of hydrogen-bond acceptors (Lipinski definition) is 3. The summed E-state index contributed by atoms with van der Waals surface area (Å²) in [7, 11) is 0. The molecule has 1 aliphatic heterocycles. The van der Waals surface area contributed by atoms with Gasteiger partial charge < -0.3 is 15.7 Å². The standard InChI is InChI=1S/C14H20N2O2/c1-10-7-8-15-13(10)14(18)16-12(9-17)11-5-3-2-4-6-11/h2-6,10,12-13,15,17H,7-9H2,1H3,(H,16,18)/t10?,12-,13?/m1/s1. The van der Waals surface area contributed by atoms with Crippen molar-refractivity contribution in [2.75, 3.05) is 13.2 Å². The van der Waals surface area contributed by atoms with Gasteiger partial charge in [0.2, 0.25) is 5.91 Å². The summed E-state index contributed by atoms with van der Waals surface area (Å²) in [6, 6.07) is 9.08. The Kier molecular flexibility index (Phi) is 4.33. The van der Waals surface area contributed by atoms with E-state index in [1.54, 1.807) is 0 Å². The summed E-state index contributed by atoms with van der Waals surface area (Å²) < 4.78 is 0. The third kappa shape index (κ3) is 2.89. The highest BCUT2D eigenvalue weighted by Crippen LogP contribution is 2.17. The van der Waals surface area contributed by atoms with Gasteiger partial charge in [-0.2, -0.15) is 0 Å². The minimum atomic E-state index is -0.326. The van der Waals surface area contributed by atoms with E-state index >= 15 is 0 Å². The van der Waals surface area contributed by atoms with Gasteiger partial charge in [-0.1, -0.05) is 37.3 Å². The second-order valence-electron chi connectivity index (χ2n) is 4.85. The van der Waals surface area contributed by atoms with Gasteiger partial charge in [0.1, 0.15) is 0 Å². The lowest BCUT2D eigenvalue weighted by atomic mass is 10.0. The Hall–Kier alpha value is -1.39. The smallest absolute Gasteiger partial charge is 0.237 e. The van der Waals surface area contributed by atoms with Crippen molar-refractivity contribution in [3.63, 3.8) is 0 Å². The Labute approximate surface area is 107 Å². The molecule has 1 aromatic rings. The van der Waals surface area contributed by atoms with Gasteiger partial charge in [-0.05, 0) is 24.4 Å². The average molecular weight is 248 g/mol. The van der Waals surface area contributed by atoms with Crippen LogP contribution in [0.4, 0.5) is 0 Å². The van der Waals surface area contributed by atoms with Crippen molar-refractivity contribution in [2.45, 2.75) is 25.4 Å². The molecule has 98 valence electrons. The second kappa shape index (κ2) is 5.98. The van der Waals surface area contributed by atoms with Crippen LogP contribution in [0.3, 0.4) is 0 Å². The fourth-order valence-electron chi connectivity index (χ4n) is 2.37. The van der Waals surface area contributed by atoms with Crippen molar-refractivity contribution in [2.24, 2.45) is 5.92 Å². The van der Waals surface area contributed by atoms with E-state index in [1.807, 2.05) is 30.3 Å². The van der Waals surface area contributed by atoms with Crippen molar-refractivity contribution in [1.29, 1.82) is 0 Å². The average Bonchev–Trinajstić information content (AvgIpc) is 2.83. The summed E-state index contributed by atoms with van der Waals surface area (Å²) in [6.07, 6.45) is 1.02. The molecule has 18 heavy (non-hydrogen) atoms. The SMILES string of the molecule is CC1CCNC1C(=O)N[C@H](CO)c1ccccc1. The molecule has 2 unspecified atom stereocenters. The van der Waals surface area contributed by atoms with Gasteiger partial charge in [-0.25, -0.2) is 0 Å². The molecule has 3 N–H and O–H groups in total. The Morgan fingerprint density at radius 3 is 2.78 bits per heavy atom. The minimum Gasteiger partial charge on any atom is -0.394 e. The molecule has 1 amide bonds. The molecular weight excluding hydrogens is 228 g/mol. The summed E-state index contributed by atoms with van der Waals surface area (Å²) >= 11 is 0. The van der Waals surface area contributed by atoms with Crippen molar-refractivity contribution in [3.8, 4) is 0 Å². The third-order valence-electron chi connectivity index (χ3n) is 3.52. The number of nitrogens with one attached hydrogen (secondary N) is 2. The van der Waals surface area contributed by atoms with Gasteiger partial charge >= 0.3 is 0 Å². The highest BCUT2D eigenvalue weighted by molar-refractivity contribution is 5.82. The molecule has 4 nitrogen and oxygen atoms in total. The summed E-state index contributed by atoms with van der Waals surface area (Å²) in [6.45, 7) is 2.87. The van der Waals surface area contributed by atoms with E-state index in [0.717, 1.165) is 18.5 Å². The lowest BCUT2D eigenvalue weighted by molar-refractivity contribution is -0.124. The number of hydrogen-bond donors (Lipinski definition) is 3. The van der Waals surface area contributed by atoms with Crippen LogP contribution in [0.15, 0.2) is 30.3 Å². The summed E-state index contributed by atoms with van der Waals surface area (Å²) in [5.74, 6) is 0.322. The van der Waals surface area contributed by atoms with Crippen LogP contribution in [0.1, 0.15) is 24.9 Å². The lowest BCUT2D eigenvalue weighted by Crippen LogP contribution is -2.45. The zero-order chi connectivity index (χ0) is 13.0. The number of amides is 1. The van der Waals surface area contributed by atoms with E-state index in [4.69, 9.17) is 0 Å². The molecule has 0 radical (unpaired) electrons. The molecule has 1 aromatic carbocycles. The largest absolute Gasteiger partial charge is 0.394 e. The fraction of sp³-hybridized carbons (Fsp3) is 0.500. The molecule has 1 aliphatic rings. The maximum absolute atomic E-state index is 12.1. The second-order valence-corrected chi connectivity index (χ2v) is 4.85. The Bertz CT molecular complexity index is 394. The number of aliphatic hydroxyl groups excluding tert-OH is 1. The van der Waals surface area contributed by atoms with Crippen LogP contribution in [0.25, 0.3) is 0 Å². The zero-order valence-electron chi connectivity index (χ0n) is 10.6. The Balaban J connectivity index is 2.00. The zero-order valence-corrected chi connectivity index (χ0v) is 10.6. The number of rotatable bonds is 4. The minimum absolute atomic E-state index is 0.0251. The van der Waals surface area contributed by atoms with Crippen LogP contribution in [-0.2, 0) is 4.79 Å². The van der Waals surface area contributed by atoms with Crippen LogP contribution in [0.2, 0.25) is 0 Å². The third-order valence-corrected chi connectivity index (χ3v) is 3.52. The Morgan fingerprint density at radius 2 is 2.22 bits per heavy atom. The van der Waals surface area contributed by atoms with Crippen LogP contribution in [0, 0.1) is 5.92 Å². The van der Waals surface area contributed by atoms with Gasteiger partial charge in [0, 0.05) is 0 Å².